The number of thioether (sulfide) groups is 1. The van der Waals surface area contributed by atoms with Crippen molar-refractivity contribution >= 4 is 58.6 Å². The summed E-state index contributed by atoms with van der Waals surface area (Å²) in [5.41, 5.74) is 0. The van der Waals surface area contributed by atoms with Gasteiger partial charge in [-0.1, -0.05) is 30.1 Å². The second-order valence-corrected chi connectivity index (χ2v) is 6.96. The van der Waals surface area contributed by atoms with Gasteiger partial charge in [0.25, 0.3) is 4.52 Å². The van der Waals surface area contributed by atoms with Gasteiger partial charge in [0.2, 0.25) is 5.91 Å². The Hall–Kier alpha value is -0.0400. The molecule has 1 saturated heterocycles. The molecule has 1 rings (SSSR count). The highest BCUT2D eigenvalue weighted by Crippen LogP contribution is 2.31. The maximum absolute atomic E-state index is 11.5. The maximum Gasteiger partial charge on any atom is 0.511 e. The van der Waals surface area contributed by atoms with Crippen molar-refractivity contribution in [2.24, 2.45) is 5.92 Å². The van der Waals surface area contributed by atoms with Crippen LogP contribution in [0.25, 0.3) is 0 Å². The molecule has 1 aliphatic heterocycles. The quantitative estimate of drug-likeness (QED) is 0.453. The summed E-state index contributed by atoms with van der Waals surface area (Å²) < 4.78 is 7.75. The van der Waals surface area contributed by atoms with Crippen LogP contribution in [0.2, 0.25) is 0 Å². The van der Waals surface area contributed by atoms with Gasteiger partial charge in [0.05, 0.1) is 11.3 Å². The third kappa shape index (κ3) is 4.77. The molecule has 0 spiro atoms. The van der Waals surface area contributed by atoms with Crippen LogP contribution < -0.4 is 5.32 Å². The van der Waals surface area contributed by atoms with E-state index in [2.05, 4.69) is 10.1 Å². The molecule has 0 bridgehead atoms. The van der Waals surface area contributed by atoms with E-state index in [4.69, 9.17) is 39.5 Å². The molecule has 0 aromatic heterocycles. The largest absolute Gasteiger partial charge is 0.511 e. The van der Waals surface area contributed by atoms with Crippen LogP contribution in [0.3, 0.4) is 0 Å². The highest BCUT2D eigenvalue weighted by molar-refractivity contribution is 8.00. The van der Waals surface area contributed by atoms with E-state index in [1.165, 1.54) is 0 Å². The zero-order valence-electron chi connectivity index (χ0n) is 10.3. The second kappa shape index (κ2) is 7.11. The van der Waals surface area contributed by atoms with Gasteiger partial charge in [-0.15, -0.1) is 23.4 Å². The Kier molecular flexibility index (Phi) is 6.36. The van der Waals surface area contributed by atoms with Crippen molar-refractivity contribution in [3.8, 4) is 0 Å². The van der Waals surface area contributed by atoms with Crippen molar-refractivity contribution in [1.82, 2.24) is 5.32 Å². The van der Waals surface area contributed by atoms with Gasteiger partial charge < -0.3 is 14.8 Å². The first kappa shape index (κ1) is 17.0. The monoisotopic (exact) mass is 349 g/mol. The van der Waals surface area contributed by atoms with E-state index in [1.807, 2.05) is 6.92 Å². The van der Waals surface area contributed by atoms with Gasteiger partial charge in [0, 0.05) is 0 Å². The minimum absolute atomic E-state index is 0.0647. The Morgan fingerprint density at radius 3 is 2.68 bits per heavy atom. The van der Waals surface area contributed by atoms with Crippen LogP contribution in [0.1, 0.15) is 13.8 Å². The lowest BCUT2D eigenvalue weighted by Gasteiger charge is -2.38. The molecule has 0 aromatic rings. The molecule has 5 nitrogen and oxygen atoms in total. The molecule has 1 heterocycles. The highest BCUT2D eigenvalue weighted by atomic mass is 35.5. The van der Waals surface area contributed by atoms with Crippen LogP contribution in [0.15, 0.2) is 0 Å². The van der Waals surface area contributed by atoms with Gasteiger partial charge in [-0.05, 0) is 12.7 Å². The summed E-state index contributed by atoms with van der Waals surface area (Å²) in [7, 11) is 0. The minimum atomic E-state index is -1.84. The standard InChI is InChI=1S/C10H14Cl3NO4S/c1-3-19-8-6(7(15)14-8)5(2)17-9(16)18-10(12,13)4-11/h5-6,8H,3-4H2,1-2H3,(H,14,15). The molecule has 9 heteroatoms. The molecule has 0 radical (unpaired) electrons. The van der Waals surface area contributed by atoms with Crippen LogP contribution in [-0.4, -0.2) is 39.7 Å². The van der Waals surface area contributed by atoms with Crippen molar-refractivity contribution in [3.63, 3.8) is 0 Å². The number of hydrogen-bond donors (Lipinski definition) is 1. The molecule has 1 amide bonds. The van der Waals surface area contributed by atoms with E-state index in [1.54, 1.807) is 18.7 Å². The average Bonchev–Trinajstić information content (AvgIpc) is 2.27. The number of carbonyl (C=O) groups is 2. The highest BCUT2D eigenvalue weighted by Gasteiger charge is 2.45. The molecule has 0 saturated carbocycles. The van der Waals surface area contributed by atoms with Crippen molar-refractivity contribution < 1.29 is 19.1 Å². The number of ether oxygens (including phenoxy) is 2. The molecule has 3 atom stereocenters. The Morgan fingerprint density at radius 1 is 1.58 bits per heavy atom. The number of halogens is 3. The molecule has 3 unspecified atom stereocenters. The Morgan fingerprint density at radius 2 is 2.21 bits per heavy atom. The number of nitrogens with one attached hydrogen (secondary N) is 1. The van der Waals surface area contributed by atoms with E-state index in [0.717, 1.165) is 5.75 Å². The molecule has 1 fully saturated rings. The average molecular weight is 351 g/mol. The van der Waals surface area contributed by atoms with Gasteiger partial charge in [0.15, 0.2) is 0 Å². The minimum Gasteiger partial charge on any atom is -0.430 e. The SMILES string of the molecule is CCSC1NC(=O)C1C(C)OC(=O)OC(Cl)(Cl)CCl. The fourth-order valence-corrected chi connectivity index (χ4v) is 2.84. The summed E-state index contributed by atoms with van der Waals surface area (Å²) in [5, 5.41) is 2.66. The van der Waals surface area contributed by atoms with Crippen molar-refractivity contribution in [2.45, 2.75) is 29.8 Å². The topological polar surface area (TPSA) is 64.6 Å². The van der Waals surface area contributed by atoms with E-state index in [0.29, 0.717) is 0 Å². The number of alkyl halides is 3. The predicted molar refractivity (Wildman–Crippen MR) is 75.7 cm³/mol. The van der Waals surface area contributed by atoms with E-state index in [-0.39, 0.29) is 17.2 Å². The fourth-order valence-electron chi connectivity index (χ4n) is 1.55. The third-order valence-corrected chi connectivity index (χ3v) is 4.61. The van der Waals surface area contributed by atoms with Crippen molar-refractivity contribution in [2.75, 3.05) is 11.6 Å². The van der Waals surface area contributed by atoms with Gasteiger partial charge in [-0.3, -0.25) is 4.79 Å². The normalized spacial score (nSPS) is 24.2. The summed E-state index contributed by atoms with van der Waals surface area (Å²) in [6, 6.07) is 0. The van der Waals surface area contributed by atoms with E-state index < -0.39 is 22.7 Å². The molecular formula is C10H14Cl3NO4S. The first-order chi connectivity index (χ1) is 8.80. The number of β-lactam (4-membered cyclic amide) rings is 1. The lowest BCUT2D eigenvalue weighted by molar-refractivity contribution is -0.137. The first-order valence-electron chi connectivity index (χ1n) is 5.56. The van der Waals surface area contributed by atoms with Crippen LogP contribution >= 0.6 is 46.6 Å². The zero-order valence-corrected chi connectivity index (χ0v) is 13.4. The van der Waals surface area contributed by atoms with Gasteiger partial charge in [-0.2, -0.15) is 0 Å². The molecule has 110 valence electrons. The number of hydrogen-bond acceptors (Lipinski definition) is 5. The van der Waals surface area contributed by atoms with Crippen LogP contribution in [0, 0.1) is 5.92 Å². The van der Waals surface area contributed by atoms with E-state index in [9.17, 15) is 9.59 Å². The van der Waals surface area contributed by atoms with Crippen molar-refractivity contribution in [3.05, 3.63) is 0 Å². The van der Waals surface area contributed by atoms with Crippen LogP contribution in [0.4, 0.5) is 4.79 Å². The van der Waals surface area contributed by atoms with Gasteiger partial charge in [0.1, 0.15) is 12.0 Å². The number of carbonyl (C=O) groups excluding carboxylic acids is 2. The van der Waals surface area contributed by atoms with Gasteiger partial charge >= 0.3 is 6.16 Å². The summed E-state index contributed by atoms with van der Waals surface area (Å²) in [5.74, 6) is -0.0186. The van der Waals surface area contributed by atoms with Crippen molar-refractivity contribution in [1.29, 1.82) is 0 Å². The molecule has 19 heavy (non-hydrogen) atoms. The number of amides is 1. The molecule has 1 N–H and O–H groups in total. The number of rotatable bonds is 6. The Labute approximate surface area is 130 Å². The fraction of sp³-hybridized carbons (Fsp3) is 0.800. The summed E-state index contributed by atoms with van der Waals surface area (Å²) in [4.78, 5) is 22.9. The molecular weight excluding hydrogens is 337 g/mol. The smallest absolute Gasteiger partial charge is 0.430 e. The maximum atomic E-state index is 11.5. The lowest BCUT2D eigenvalue weighted by Crippen LogP contribution is -2.61. The summed E-state index contributed by atoms with van der Waals surface area (Å²) in [6.07, 6.45) is -1.69. The van der Waals surface area contributed by atoms with Crippen LogP contribution in [0.5, 0.6) is 0 Å². The molecule has 0 aromatic carbocycles. The lowest BCUT2D eigenvalue weighted by atomic mass is 9.96. The molecule has 0 aliphatic carbocycles. The Balaban J connectivity index is 2.48. The zero-order chi connectivity index (χ0) is 14.6. The predicted octanol–water partition coefficient (Wildman–Crippen LogP) is 2.72. The summed E-state index contributed by atoms with van der Waals surface area (Å²) >= 11 is 18.1. The first-order valence-corrected chi connectivity index (χ1v) is 7.90. The molecule has 1 aliphatic rings. The van der Waals surface area contributed by atoms with Gasteiger partial charge in [-0.25, -0.2) is 4.79 Å². The van der Waals surface area contributed by atoms with Crippen LogP contribution in [-0.2, 0) is 14.3 Å². The summed E-state index contributed by atoms with van der Waals surface area (Å²) in [6.45, 7) is 3.58. The Bertz CT molecular complexity index is 356. The second-order valence-electron chi connectivity index (χ2n) is 3.86. The third-order valence-electron chi connectivity index (χ3n) is 2.44. The van der Waals surface area contributed by atoms with E-state index >= 15 is 0 Å².